The van der Waals surface area contributed by atoms with Gasteiger partial charge in [-0.1, -0.05) is 18.2 Å². The van der Waals surface area contributed by atoms with Crippen LogP contribution in [-0.2, 0) is 19.1 Å². The molecule has 4 nitrogen and oxygen atoms in total. The lowest BCUT2D eigenvalue weighted by molar-refractivity contribution is -0.169. The van der Waals surface area contributed by atoms with Crippen LogP contribution < -0.4 is 0 Å². The molecule has 1 aliphatic carbocycles. The summed E-state index contributed by atoms with van der Waals surface area (Å²) in [7, 11) is 2.57. The highest BCUT2D eigenvalue weighted by atomic mass is 16.5. The highest BCUT2D eigenvalue weighted by molar-refractivity contribution is 6.00. The van der Waals surface area contributed by atoms with Crippen molar-refractivity contribution in [3.8, 4) is 0 Å². The summed E-state index contributed by atoms with van der Waals surface area (Å²) in [5.74, 6) is -1.13. The normalized spacial score (nSPS) is 14.8. The van der Waals surface area contributed by atoms with E-state index in [0.29, 0.717) is 6.42 Å². The molecule has 0 aromatic heterocycles. The van der Waals surface area contributed by atoms with Crippen molar-refractivity contribution in [3.63, 3.8) is 0 Å². The lowest BCUT2D eigenvalue weighted by Gasteiger charge is -2.29. The van der Waals surface area contributed by atoms with Gasteiger partial charge in [0, 0.05) is 0 Å². The molecule has 4 heteroatoms. The van der Waals surface area contributed by atoms with Crippen LogP contribution in [0.1, 0.15) is 38.5 Å². The number of hydrogen-bond donors (Lipinski definition) is 0. The Balaban J connectivity index is 3.12. The fourth-order valence-corrected chi connectivity index (χ4v) is 2.56. The SMILES string of the molecule is C=C=CCC(CC1=CCCCC1)(C(=O)OC)C(=O)OC. The molecule has 0 radical (unpaired) electrons. The molecule has 0 saturated carbocycles. The molecule has 0 aliphatic heterocycles. The van der Waals surface area contributed by atoms with Gasteiger partial charge in [0.05, 0.1) is 14.2 Å². The molecular formula is C16H22O4. The number of methoxy groups -OCH3 is 2. The molecule has 0 fully saturated rings. The summed E-state index contributed by atoms with van der Waals surface area (Å²) in [6.07, 6.45) is 8.36. The number of hydrogen-bond acceptors (Lipinski definition) is 4. The Kier molecular flexibility index (Phi) is 6.26. The van der Waals surface area contributed by atoms with Crippen molar-refractivity contribution < 1.29 is 19.1 Å². The van der Waals surface area contributed by atoms with Gasteiger partial charge in [-0.2, -0.15) is 0 Å². The molecule has 20 heavy (non-hydrogen) atoms. The van der Waals surface area contributed by atoms with Gasteiger partial charge in [0.25, 0.3) is 0 Å². The number of carbonyl (C=O) groups is 2. The second-order valence-electron chi connectivity index (χ2n) is 4.96. The van der Waals surface area contributed by atoms with E-state index in [1.54, 1.807) is 6.08 Å². The number of carbonyl (C=O) groups excluding carboxylic acids is 2. The largest absolute Gasteiger partial charge is 0.468 e. The van der Waals surface area contributed by atoms with Crippen molar-refractivity contribution in [2.24, 2.45) is 5.41 Å². The van der Waals surface area contributed by atoms with E-state index in [0.717, 1.165) is 31.3 Å². The molecule has 0 atom stereocenters. The van der Waals surface area contributed by atoms with Crippen LogP contribution >= 0.6 is 0 Å². The first-order chi connectivity index (χ1) is 9.60. The van der Waals surface area contributed by atoms with Crippen LogP contribution in [0.2, 0.25) is 0 Å². The average Bonchev–Trinajstić information content (AvgIpc) is 2.50. The lowest BCUT2D eigenvalue weighted by atomic mass is 9.76. The third-order valence-electron chi connectivity index (χ3n) is 3.66. The molecule has 0 N–H and O–H groups in total. The fourth-order valence-electron chi connectivity index (χ4n) is 2.56. The zero-order valence-electron chi connectivity index (χ0n) is 12.2. The van der Waals surface area contributed by atoms with Crippen LogP contribution in [0.5, 0.6) is 0 Å². The van der Waals surface area contributed by atoms with Crippen LogP contribution in [0.25, 0.3) is 0 Å². The summed E-state index contributed by atoms with van der Waals surface area (Å²) in [4.78, 5) is 24.4. The van der Waals surface area contributed by atoms with Crippen molar-refractivity contribution >= 4 is 11.9 Å². The molecule has 0 spiro atoms. The molecule has 0 aromatic carbocycles. The Morgan fingerprint density at radius 1 is 1.35 bits per heavy atom. The maximum atomic E-state index is 12.2. The smallest absolute Gasteiger partial charge is 0.323 e. The van der Waals surface area contributed by atoms with Gasteiger partial charge in [0.15, 0.2) is 5.41 Å². The summed E-state index contributed by atoms with van der Waals surface area (Å²) >= 11 is 0. The highest BCUT2D eigenvalue weighted by Crippen LogP contribution is 2.37. The molecule has 1 rings (SSSR count). The Labute approximate surface area is 120 Å². The second-order valence-corrected chi connectivity index (χ2v) is 4.96. The van der Waals surface area contributed by atoms with Crippen LogP contribution in [0.3, 0.4) is 0 Å². The quantitative estimate of drug-likeness (QED) is 0.324. The molecule has 0 heterocycles. The average molecular weight is 278 g/mol. The standard InChI is InChI=1S/C16H22O4/c1-4-5-11-16(14(17)19-2,15(18)20-3)12-13-9-7-6-8-10-13/h5,9H,1,6-8,10-12H2,2-3H3. The van der Waals surface area contributed by atoms with Gasteiger partial charge in [0.2, 0.25) is 0 Å². The number of rotatable bonds is 6. The number of allylic oxidation sites excluding steroid dienone is 3. The fraction of sp³-hybridized carbons (Fsp3) is 0.562. The maximum Gasteiger partial charge on any atom is 0.323 e. The van der Waals surface area contributed by atoms with E-state index in [9.17, 15) is 9.59 Å². The van der Waals surface area contributed by atoms with E-state index in [-0.39, 0.29) is 6.42 Å². The van der Waals surface area contributed by atoms with Crippen molar-refractivity contribution in [2.45, 2.75) is 38.5 Å². The van der Waals surface area contributed by atoms with Crippen LogP contribution in [0, 0.1) is 5.41 Å². The van der Waals surface area contributed by atoms with E-state index in [1.807, 2.05) is 0 Å². The van der Waals surface area contributed by atoms with E-state index < -0.39 is 17.4 Å². The number of ether oxygens (including phenoxy) is 2. The Morgan fingerprint density at radius 3 is 2.45 bits per heavy atom. The zero-order chi connectivity index (χ0) is 15.0. The Hall–Kier alpha value is -1.80. The Morgan fingerprint density at radius 2 is 2.00 bits per heavy atom. The van der Waals surface area contributed by atoms with E-state index >= 15 is 0 Å². The monoisotopic (exact) mass is 278 g/mol. The third kappa shape index (κ3) is 3.61. The van der Waals surface area contributed by atoms with Crippen molar-refractivity contribution in [3.05, 3.63) is 30.0 Å². The maximum absolute atomic E-state index is 12.2. The van der Waals surface area contributed by atoms with Gasteiger partial charge in [0.1, 0.15) is 0 Å². The van der Waals surface area contributed by atoms with Gasteiger partial charge < -0.3 is 9.47 Å². The summed E-state index contributed by atoms with van der Waals surface area (Å²) in [6.45, 7) is 3.48. The first-order valence-corrected chi connectivity index (χ1v) is 6.79. The van der Waals surface area contributed by atoms with Gasteiger partial charge in [-0.15, -0.1) is 5.73 Å². The van der Waals surface area contributed by atoms with Gasteiger partial charge >= 0.3 is 11.9 Å². The molecule has 110 valence electrons. The van der Waals surface area contributed by atoms with Crippen molar-refractivity contribution in [1.29, 1.82) is 0 Å². The van der Waals surface area contributed by atoms with Crippen molar-refractivity contribution in [1.82, 2.24) is 0 Å². The van der Waals surface area contributed by atoms with Gasteiger partial charge in [-0.25, -0.2) is 0 Å². The second kappa shape index (κ2) is 7.71. The molecule has 0 amide bonds. The first kappa shape index (κ1) is 16.3. The third-order valence-corrected chi connectivity index (χ3v) is 3.66. The molecule has 0 saturated heterocycles. The number of esters is 2. The minimum atomic E-state index is -1.32. The van der Waals surface area contributed by atoms with E-state index in [4.69, 9.17) is 9.47 Å². The van der Waals surface area contributed by atoms with E-state index in [2.05, 4.69) is 18.4 Å². The summed E-state index contributed by atoms with van der Waals surface area (Å²) in [5, 5.41) is 0. The van der Waals surface area contributed by atoms with Crippen LogP contribution in [-0.4, -0.2) is 26.2 Å². The molecule has 0 bridgehead atoms. The molecule has 0 unspecified atom stereocenters. The predicted molar refractivity (Wildman–Crippen MR) is 76.0 cm³/mol. The molecular weight excluding hydrogens is 256 g/mol. The summed E-state index contributed by atoms with van der Waals surface area (Å²) in [5.41, 5.74) is 2.40. The van der Waals surface area contributed by atoms with Crippen LogP contribution in [0.4, 0.5) is 0 Å². The van der Waals surface area contributed by atoms with E-state index in [1.165, 1.54) is 14.2 Å². The first-order valence-electron chi connectivity index (χ1n) is 6.79. The lowest BCUT2D eigenvalue weighted by Crippen LogP contribution is -2.41. The highest BCUT2D eigenvalue weighted by Gasteiger charge is 2.48. The molecule has 1 aliphatic rings. The topological polar surface area (TPSA) is 52.6 Å². The predicted octanol–water partition coefficient (Wildman–Crippen LogP) is 2.94. The van der Waals surface area contributed by atoms with Crippen LogP contribution in [0.15, 0.2) is 30.0 Å². The van der Waals surface area contributed by atoms with Gasteiger partial charge in [-0.05, 0) is 44.6 Å². The molecule has 0 aromatic rings. The van der Waals surface area contributed by atoms with Gasteiger partial charge in [-0.3, -0.25) is 9.59 Å². The minimum absolute atomic E-state index is 0.188. The summed E-state index contributed by atoms with van der Waals surface area (Å²) < 4.78 is 9.68. The zero-order valence-corrected chi connectivity index (χ0v) is 12.2. The minimum Gasteiger partial charge on any atom is -0.468 e. The Bertz CT molecular complexity index is 425. The summed E-state index contributed by atoms with van der Waals surface area (Å²) in [6, 6.07) is 0. The van der Waals surface area contributed by atoms with Crippen molar-refractivity contribution in [2.75, 3.05) is 14.2 Å².